The second-order valence-electron chi connectivity index (χ2n) is 7.77. The van der Waals surface area contributed by atoms with Crippen molar-refractivity contribution in [1.82, 2.24) is 4.98 Å². The maximum atomic E-state index is 13.7. The predicted octanol–water partition coefficient (Wildman–Crippen LogP) is 7.12. The normalized spacial score (nSPS) is 13.1. The van der Waals surface area contributed by atoms with Crippen molar-refractivity contribution < 1.29 is 22.3 Å². The van der Waals surface area contributed by atoms with Crippen molar-refractivity contribution in [2.45, 2.75) is 33.4 Å². The highest BCUT2D eigenvalue weighted by Gasteiger charge is 2.35. The van der Waals surface area contributed by atoms with Gasteiger partial charge >= 0.3 is 6.18 Å². The van der Waals surface area contributed by atoms with Gasteiger partial charge in [-0.15, -0.1) is 0 Å². The Hall–Kier alpha value is -2.63. The van der Waals surface area contributed by atoms with Crippen LogP contribution in [-0.4, -0.2) is 11.6 Å². The lowest BCUT2D eigenvalue weighted by Crippen LogP contribution is -2.14. The summed E-state index contributed by atoms with van der Waals surface area (Å²) in [6, 6.07) is 9.72. The molecule has 0 radical (unpaired) electrons. The zero-order valence-corrected chi connectivity index (χ0v) is 16.6. The third-order valence-corrected chi connectivity index (χ3v) is 4.70. The average Bonchev–Trinajstić information content (AvgIpc) is 2.64. The quantitative estimate of drug-likeness (QED) is 0.407. The van der Waals surface area contributed by atoms with Crippen molar-refractivity contribution in [2.24, 2.45) is 11.8 Å². The van der Waals surface area contributed by atoms with Gasteiger partial charge in [-0.05, 0) is 59.7 Å². The van der Waals surface area contributed by atoms with Crippen LogP contribution in [0.15, 0.2) is 48.7 Å². The molecule has 3 rings (SSSR count). The van der Waals surface area contributed by atoms with E-state index in [1.165, 1.54) is 30.5 Å². The fraction of sp³-hybridized carbons (Fsp3) is 0.348. The van der Waals surface area contributed by atoms with E-state index in [0.717, 1.165) is 12.5 Å². The van der Waals surface area contributed by atoms with E-state index >= 15 is 0 Å². The predicted molar refractivity (Wildman–Crippen MR) is 106 cm³/mol. The molecule has 0 aliphatic carbocycles. The highest BCUT2D eigenvalue weighted by molar-refractivity contribution is 5.94. The van der Waals surface area contributed by atoms with Gasteiger partial charge in [0.1, 0.15) is 11.6 Å². The number of nitrogens with zero attached hydrogens (tertiary/aromatic N) is 1. The Morgan fingerprint density at radius 3 is 2.45 bits per heavy atom. The molecular weight excluding hydrogens is 382 g/mol. The zero-order valence-electron chi connectivity index (χ0n) is 16.6. The first-order chi connectivity index (χ1) is 13.6. The largest absolute Gasteiger partial charge is 0.493 e. The molecule has 1 aromatic heterocycles. The molecule has 2 aromatic carbocycles. The van der Waals surface area contributed by atoms with Crippen LogP contribution in [0, 0.1) is 17.7 Å². The third kappa shape index (κ3) is 5.05. The molecule has 6 heteroatoms. The number of rotatable bonds is 6. The Morgan fingerprint density at radius 2 is 1.76 bits per heavy atom. The SMILES string of the molecule is CC(C)C[C@@H](C)COc1ccc(-c2ccnc3cc(F)ccc23)cc1C(F)(F)F. The number of fused-ring (bicyclic) bond motifs is 1. The molecule has 0 aliphatic rings. The number of alkyl halides is 3. The van der Waals surface area contributed by atoms with E-state index in [1.54, 1.807) is 12.1 Å². The summed E-state index contributed by atoms with van der Waals surface area (Å²) in [7, 11) is 0. The molecule has 1 atom stereocenters. The number of benzene rings is 2. The fourth-order valence-electron chi connectivity index (χ4n) is 3.52. The Labute approximate surface area is 167 Å². The Morgan fingerprint density at radius 1 is 1.00 bits per heavy atom. The minimum atomic E-state index is -4.55. The lowest BCUT2D eigenvalue weighted by Gasteiger charge is -2.19. The van der Waals surface area contributed by atoms with Gasteiger partial charge in [0.05, 0.1) is 17.7 Å². The minimum absolute atomic E-state index is 0.148. The van der Waals surface area contributed by atoms with Gasteiger partial charge in [0, 0.05) is 17.6 Å². The van der Waals surface area contributed by atoms with Crippen LogP contribution in [-0.2, 0) is 6.18 Å². The van der Waals surface area contributed by atoms with E-state index in [9.17, 15) is 17.6 Å². The molecular formula is C23H23F4NO. The lowest BCUT2D eigenvalue weighted by molar-refractivity contribution is -0.139. The molecule has 0 saturated carbocycles. The summed E-state index contributed by atoms with van der Waals surface area (Å²) in [6.45, 7) is 6.32. The van der Waals surface area contributed by atoms with Gasteiger partial charge in [0.15, 0.2) is 0 Å². The molecule has 0 aliphatic heterocycles. The van der Waals surface area contributed by atoms with Gasteiger partial charge in [-0.1, -0.05) is 26.8 Å². The summed E-state index contributed by atoms with van der Waals surface area (Å²) < 4.78 is 60.1. The van der Waals surface area contributed by atoms with Crippen molar-refractivity contribution in [3.63, 3.8) is 0 Å². The summed E-state index contributed by atoms with van der Waals surface area (Å²) in [5, 5.41) is 0.584. The van der Waals surface area contributed by atoms with Crippen molar-refractivity contribution >= 4 is 10.9 Å². The molecule has 29 heavy (non-hydrogen) atoms. The molecule has 2 nitrogen and oxygen atoms in total. The van der Waals surface area contributed by atoms with Crippen molar-refractivity contribution in [3.05, 3.63) is 60.0 Å². The summed E-state index contributed by atoms with van der Waals surface area (Å²) in [5.74, 6) is -0.0312. The Kier molecular flexibility index (Phi) is 6.10. The van der Waals surface area contributed by atoms with Gasteiger partial charge in [0.2, 0.25) is 0 Å². The molecule has 0 amide bonds. The van der Waals surface area contributed by atoms with E-state index in [1.807, 2.05) is 6.92 Å². The standard InChI is InChI=1S/C23H23F4NO/c1-14(2)10-15(3)13-29-22-7-4-16(11-20(22)23(25,26)27)18-8-9-28-21-12-17(24)5-6-19(18)21/h4-9,11-12,14-15H,10,13H2,1-3H3/t15-/m1/s1. The Balaban J connectivity index is 1.99. The molecule has 0 unspecified atom stereocenters. The Bertz CT molecular complexity index is 998. The van der Waals surface area contributed by atoms with E-state index in [4.69, 9.17) is 4.74 Å². The van der Waals surface area contributed by atoms with Gasteiger partial charge in [-0.3, -0.25) is 4.98 Å². The van der Waals surface area contributed by atoms with Crippen LogP contribution in [0.1, 0.15) is 32.8 Å². The molecule has 3 aromatic rings. The van der Waals surface area contributed by atoms with Crippen LogP contribution in [0.3, 0.4) is 0 Å². The van der Waals surface area contributed by atoms with Crippen LogP contribution in [0.5, 0.6) is 5.75 Å². The van der Waals surface area contributed by atoms with Gasteiger partial charge in [-0.2, -0.15) is 13.2 Å². The van der Waals surface area contributed by atoms with Crippen molar-refractivity contribution in [1.29, 1.82) is 0 Å². The van der Waals surface area contributed by atoms with E-state index in [0.29, 0.717) is 27.9 Å². The fourth-order valence-corrected chi connectivity index (χ4v) is 3.52. The van der Waals surface area contributed by atoms with Crippen LogP contribution < -0.4 is 4.74 Å². The van der Waals surface area contributed by atoms with Gasteiger partial charge in [0.25, 0.3) is 0 Å². The van der Waals surface area contributed by atoms with Crippen molar-refractivity contribution in [2.75, 3.05) is 6.61 Å². The lowest BCUT2D eigenvalue weighted by atomic mass is 9.98. The van der Waals surface area contributed by atoms with Crippen LogP contribution in [0.4, 0.5) is 17.6 Å². The highest BCUT2D eigenvalue weighted by atomic mass is 19.4. The zero-order chi connectivity index (χ0) is 21.2. The number of halogens is 4. The number of hydrogen-bond acceptors (Lipinski definition) is 2. The summed E-state index contributed by atoms with van der Waals surface area (Å²) in [4.78, 5) is 4.10. The van der Waals surface area contributed by atoms with Crippen LogP contribution in [0.25, 0.3) is 22.0 Å². The number of pyridine rings is 1. The van der Waals surface area contributed by atoms with E-state index < -0.39 is 17.6 Å². The number of ether oxygens (including phenoxy) is 1. The second kappa shape index (κ2) is 8.39. The first-order valence-electron chi connectivity index (χ1n) is 9.54. The first-order valence-corrected chi connectivity index (χ1v) is 9.54. The monoisotopic (exact) mass is 405 g/mol. The molecule has 0 fully saturated rings. The number of hydrogen-bond donors (Lipinski definition) is 0. The maximum absolute atomic E-state index is 13.7. The second-order valence-corrected chi connectivity index (χ2v) is 7.77. The van der Waals surface area contributed by atoms with E-state index in [2.05, 4.69) is 18.8 Å². The van der Waals surface area contributed by atoms with Crippen molar-refractivity contribution in [3.8, 4) is 16.9 Å². The van der Waals surface area contributed by atoms with Gasteiger partial charge in [-0.25, -0.2) is 4.39 Å². The first kappa shape index (κ1) is 21.1. The maximum Gasteiger partial charge on any atom is 0.419 e. The smallest absolute Gasteiger partial charge is 0.419 e. The molecule has 0 N–H and O–H groups in total. The molecule has 154 valence electrons. The summed E-state index contributed by atoms with van der Waals surface area (Å²) in [5.41, 5.74) is 0.497. The molecule has 0 saturated heterocycles. The topological polar surface area (TPSA) is 22.1 Å². The summed E-state index contributed by atoms with van der Waals surface area (Å²) in [6.07, 6.45) is -2.22. The number of aromatic nitrogens is 1. The van der Waals surface area contributed by atoms with Crippen LogP contribution >= 0.6 is 0 Å². The minimum Gasteiger partial charge on any atom is -0.493 e. The third-order valence-electron chi connectivity index (χ3n) is 4.70. The van der Waals surface area contributed by atoms with Gasteiger partial charge < -0.3 is 4.74 Å². The molecule has 0 bridgehead atoms. The average molecular weight is 405 g/mol. The molecule has 1 heterocycles. The van der Waals surface area contributed by atoms with Crippen LogP contribution in [0.2, 0.25) is 0 Å². The highest BCUT2D eigenvalue weighted by Crippen LogP contribution is 2.40. The van der Waals surface area contributed by atoms with E-state index in [-0.39, 0.29) is 18.3 Å². The molecule has 0 spiro atoms. The summed E-state index contributed by atoms with van der Waals surface area (Å²) >= 11 is 0.